The molecule has 0 saturated carbocycles. The van der Waals surface area contributed by atoms with Crippen molar-refractivity contribution >= 4 is 8.41 Å². The standard InChI is InChI=1S/C16H36N.C6H15FSi/c1-5-9-13-17(14-10-6-2,15-11-7-3)16-12-8-4;1-6(2,3)8(4,5)7/h5-16H2,1-4H3;1-5H3/q+1;. The molecule has 0 N–H and O–H groups in total. The van der Waals surface area contributed by atoms with Crippen molar-refractivity contribution in [3.05, 3.63) is 0 Å². The molecular formula is C22H51FNSi+. The topological polar surface area (TPSA) is 0 Å². The molecule has 0 unspecified atom stereocenters. The van der Waals surface area contributed by atoms with Gasteiger partial charge in [-0.2, -0.15) is 0 Å². The summed E-state index contributed by atoms with van der Waals surface area (Å²) in [4.78, 5) is 0. The van der Waals surface area contributed by atoms with E-state index in [0.29, 0.717) is 0 Å². The second-order valence-electron chi connectivity index (χ2n) is 9.37. The molecule has 0 rings (SSSR count). The van der Waals surface area contributed by atoms with Crippen LogP contribution in [0.25, 0.3) is 0 Å². The summed E-state index contributed by atoms with van der Waals surface area (Å²) in [6.07, 6.45) is 11.1. The summed E-state index contributed by atoms with van der Waals surface area (Å²) in [5.41, 5.74) is 0. The molecule has 0 radical (unpaired) electrons. The van der Waals surface area contributed by atoms with Gasteiger partial charge in [0, 0.05) is 0 Å². The Morgan fingerprint density at radius 2 is 0.840 bits per heavy atom. The summed E-state index contributed by atoms with van der Waals surface area (Å²) < 4.78 is 14.5. The van der Waals surface area contributed by atoms with Crippen molar-refractivity contribution in [1.82, 2.24) is 0 Å². The largest absolute Gasteiger partial charge is 0.324 e. The highest BCUT2D eigenvalue weighted by Gasteiger charge is 2.35. The van der Waals surface area contributed by atoms with Gasteiger partial charge in [-0.25, -0.2) is 0 Å². The Labute approximate surface area is 161 Å². The third-order valence-electron chi connectivity index (χ3n) is 5.73. The average Bonchev–Trinajstić information content (AvgIpc) is 2.52. The summed E-state index contributed by atoms with van der Waals surface area (Å²) in [7, 11) is -2.36. The van der Waals surface area contributed by atoms with Crippen molar-refractivity contribution < 1.29 is 8.59 Å². The number of hydrogen-bond donors (Lipinski definition) is 0. The van der Waals surface area contributed by atoms with Crippen molar-refractivity contribution in [2.24, 2.45) is 0 Å². The van der Waals surface area contributed by atoms with Crippen LogP contribution in [0, 0.1) is 0 Å². The number of nitrogens with zero attached hydrogens (tertiary/aromatic N) is 1. The van der Waals surface area contributed by atoms with Crippen molar-refractivity contribution in [2.45, 2.75) is 118 Å². The molecule has 0 aliphatic rings. The van der Waals surface area contributed by atoms with Gasteiger partial charge in [0.15, 0.2) is 0 Å². The predicted molar refractivity (Wildman–Crippen MR) is 118 cm³/mol. The minimum Gasteiger partial charge on any atom is -0.324 e. The zero-order valence-electron chi connectivity index (χ0n) is 19.3. The molecule has 0 spiro atoms. The first-order valence-corrected chi connectivity index (χ1v) is 13.9. The van der Waals surface area contributed by atoms with Crippen LogP contribution in [-0.4, -0.2) is 39.1 Å². The lowest BCUT2D eigenvalue weighted by Gasteiger charge is -2.39. The van der Waals surface area contributed by atoms with E-state index in [-0.39, 0.29) is 5.04 Å². The van der Waals surface area contributed by atoms with E-state index in [1.807, 2.05) is 20.8 Å². The molecule has 1 nitrogen and oxygen atoms in total. The normalized spacial score (nSPS) is 12.7. The Morgan fingerprint density at radius 3 is 0.960 bits per heavy atom. The molecule has 154 valence electrons. The predicted octanol–water partition coefficient (Wildman–Crippen LogP) is 7.96. The number of unbranched alkanes of at least 4 members (excludes halogenated alkanes) is 4. The molecule has 0 bridgehead atoms. The van der Waals surface area contributed by atoms with Gasteiger partial charge in [0.1, 0.15) is 0 Å². The average molecular weight is 377 g/mol. The molecule has 0 atom stereocenters. The lowest BCUT2D eigenvalue weighted by molar-refractivity contribution is -0.929. The Kier molecular flexibility index (Phi) is 15.5. The molecule has 25 heavy (non-hydrogen) atoms. The van der Waals surface area contributed by atoms with Gasteiger partial charge in [-0.15, -0.1) is 0 Å². The Hall–Kier alpha value is 0.107. The van der Waals surface area contributed by atoms with E-state index in [4.69, 9.17) is 0 Å². The minimum absolute atomic E-state index is 0.0903. The van der Waals surface area contributed by atoms with E-state index < -0.39 is 8.41 Å². The quantitative estimate of drug-likeness (QED) is 0.184. The highest BCUT2D eigenvalue weighted by Crippen LogP contribution is 2.36. The zero-order chi connectivity index (χ0) is 20.0. The van der Waals surface area contributed by atoms with Gasteiger partial charge in [0.25, 0.3) is 0 Å². The van der Waals surface area contributed by atoms with Gasteiger partial charge in [-0.3, -0.25) is 0 Å². The molecule has 0 aliphatic carbocycles. The molecule has 0 saturated heterocycles. The second-order valence-corrected chi connectivity index (χ2v) is 13.8. The van der Waals surface area contributed by atoms with Gasteiger partial charge in [0.2, 0.25) is 8.41 Å². The van der Waals surface area contributed by atoms with Gasteiger partial charge >= 0.3 is 0 Å². The third kappa shape index (κ3) is 13.9. The van der Waals surface area contributed by atoms with E-state index in [1.54, 1.807) is 13.1 Å². The van der Waals surface area contributed by atoms with Crippen LogP contribution in [0.2, 0.25) is 18.1 Å². The monoisotopic (exact) mass is 376 g/mol. The van der Waals surface area contributed by atoms with Crippen LogP contribution in [0.1, 0.15) is 99.8 Å². The zero-order valence-corrected chi connectivity index (χ0v) is 20.3. The Morgan fingerprint density at radius 1 is 0.640 bits per heavy atom. The van der Waals surface area contributed by atoms with Crippen LogP contribution in [0.3, 0.4) is 0 Å². The first-order valence-electron chi connectivity index (χ1n) is 11.0. The molecule has 0 amide bonds. The maximum Gasteiger partial charge on any atom is 0.246 e. The third-order valence-corrected chi connectivity index (χ3v) is 9.29. The number of quaternary nitrogens is 1. The van der Waals surface area contributed by atoms with E-state index in [1.165, 1.54) is 82.0 Å². The number of hydrogen-bond acceptors (Lipinski definition) is 0. The van der Waals surface area contributed by atoms with Gasteiger partial charge in [-0.05, 0) is 43.8 Å². The van der Waals surface area contributed by atoms with Crippen LogP contribution >= 0.6 is 0 Å². The fraction of sp³-hybridized carbons (Fsp3) is 1.00. The highest BCUT2D eigenvalue weighted by molar-refractivity contribution is 6.73. The van der Waals surface area contributed by atoms with Gasteiger partial charge in [-0.1, -0.05) is 74.1 Å². The number of halogens is 1. The SMILES string of the molecule is CC(C)(C)[Si](C)(C)F.CCCC[N+](CCCC)(CCCC)CCCC. The molecule has 0 aromatic rings. The van der Waals surface area contributed by atoms with Crippen molar-refractivity contribution in [3.63, 3.8) is 0 Å². The van der Waals surface area contributed by atoms with E-state index in [0.717, 1.165) is 0 Å². The fourth-order valence-electron chi connectivity index (χ4n) is 2.64. The molecular weight excluding hydrogens is 325 g/mol. The van der Waals surface area contributed by atoms with Gasteiger partial charge in [0.05, 0.1) is 26.2 Å². The summed E-state index contributed by atoms with van der Waals surface area (Å²) in [6.45, 7) is 24.4. The van der Waals surface area contributed by atoms with Crippen molar-refractivity contribution in [1.29, 1.82) is 0 Å². The van der Waals surface area contributed by atoms with Crippen LogP contribution < -0.4 is 0 Å². The first-order chi connectivity index (χ1) is 11.5. The lowest BCUT2D eigenvalue weighted by atomic mass is 10.1. The minimum atomic E-state index is -2.36. The van der Waals surface area contributed by atoms with Gasteiger partial charge < -0.3 is 8.59 Å². The summed E-state index contributed by atoms with van der Waals surface area (Å²) in [5.74, 6) is 0. The van der Waals surface area contributed by atoms with Crippen LogP contribution in [0.4, 0.5) is 4.11 Å². The first kappa shape index (κ1) is 27.3. The summed E-state index contributed by atoms with van der Waals surface area (Å²) in [6, 6.07) is 0. The lowest BCUT2D eigenvalue weighted by Crippen LogP contribution is -2.50. The summed E-state index contributed by atoms with van der Waals surface area (Å²) >= 11 is 0. The summed E-state index contributed by atoms with van der Waals surface area (Å²) in [5, 5.41) is -0.0903. The van der Waals surface area contributed by atoms with Crippen molar-refractivity contribution in [2.75, 3.05) is 26.2 Å². The molecule has 0 heterocycles. The van der Waals surface area contributed by atoms with E-state index in [2.05, 4.69) is 27.7 Å². The molecule has 3 heteroatoms. The van der Waals surface area contributed by atoms with Crippen LogP contribution in [-0.2, 0) is 0 Å². The Bertz CT molecular complexity index is 242. The molecule has 0 aromatic carbocycles. The molecule has 0 aromatic heterocycles. The van der Waals surface area contributed by atoms with Crippen LogP contribution in [0.5, 0.6) is 0 Å². The van der Waals surface area contributed by atoms with Crippen LogP contribution in [0.15, 0.2) is 0 Å². The van der Waals surface area contributed by atoms with Crippen molar-refractivity contribution in [3.8, 4) is 0 Å². The highest BCUT2D eigenvalue weighted by atomic mass is 28.4. The van der Waals surface area contributed by atoms with E-state index >= 15 is 0 Å². The Balaban J connectivity index is 0. The fourth-order valence-corrected chi connectivity index (χ4v) is 2.64. The maximum atomic E-state index is 13.0. The number of rotatable bonds is 12. The molecule has 0 aliphatic heterocycles. The maximum absolute atomic E-state index is 13.0. The smallest absolute Gasteiger partial charge is 0.246 e. The van der Waals surface area contributed by atoms with E-state index in [9.17, 15) is 4.11 Å². The molecule has 0 fully saturated rings. The second kappa shape index (κ2) is 14.2.